The molecule has 2 heterocycles. The summed E-state index contributed by atoms with van der Waals surface area (Å²) in [5.74, 6) is 3.73. The van der Waals surface area contributed by atoms with Crippen LogP contribution >= 0.6 is 0 Å². The molecule has 0 aliphatic carbocycles. The van der Waals surface area contributed by atoms with Crippen LogP contribution in [-0.4, -0.2) is 27.7 Å². The van der Waals surface area contributed by atoms with E-state index in [0.29, 0.717) is 5.78 Å². The van der Waals surface area contributed by atoms with Gasteiger partial charge in [-0.15, -0.1) is 5.54 Å². The molecule has 2 aromatic heterocycles. The summed E-state index contributed by atoms with van der Waals surface area (Å²) in [5, 5.41) is 4.01. The SMILES string of the molecule is C[Si](C)(C)C#Cc1cnc2ncnn2c1. The van der Waals surface area contributed by atoms with Crippen molar-refractivity contribution < 1.29 is 0 Å². The molecule has 0 unspecified atom stereocenters. The van der Waals surface area contributed by atoms with Crippen LogP contribution in [0.1, 0.15) is 5.56 Å². The summed E-state index contributed by atoms with van der Waals surface area (Å²) in [6, 6.07) is 0. The van der Waals surface area contributed by atoms with Crippen LogP contribution in [0.5, 0.6) is 0 Å². The maximum atomic E-state index is 4.14. The lowest BCUT2D eigenvalue weighted by molar-refractivity contribution is 0.935. The van der Waals surface area contributed by atoms with Gasteiger partial charge in [0.25, 0.3) is 5.78 Å². The number of hydrogen-bond acceptors (Lipinski definition) is 3. The molecule has 0 aliphatic heterocycles. The van der Waals surface area contributed by atoms with Crippen molar-refractivity contribution >= 4 is 13.9 Å². The zero-order valence-corrected chi connectivity index (χ0v) is 10.0. The van der Waals surface area contributed by atoms with E-state index in [1.165, 1.54) is 6.33 Å². The average molecular weight is 216 g/mol. The summed E-state index contributed by atoms with van der Waals surface area (Å²) in [6.07, 6.45) is 5.07. The summed E-state index contributed by atoms with van der Waals surface area (Å²) >= 11 is 0. The van der Waals surface area contributed by atoms with Crippen LogP contribution in [0.25, 0.3) is 5.78 Å². The Morgan fingerprint density at radius 1 is 1.27 bits per heavy atom. The molecule has 0 radical (unpaired) electrons. The van der Waals surface area contributed by atoms with Crippen molar-refractivity contribution in [2.45, 2.75) is 19.6 Å². The predicted octanol–water partition coefficient (Wildman–Crippen LogP) is 1.35. The van der Waals surface area contributed by atoms with Crippen molar-refractivity contribution in [3.05, 3.63) is 24.3 Å². The highest BCUT2D eigenvalue weighted by atomic mass is 28.3. The Morgan fingerprint density at radius 3 is 2.80 bits per heavy atom. The van der Waals surface area contributed by atoms with Crippen LogP contribution in [0.2, 0.25) is 19.6 Å². The second kappa shape index (κ2) is 3.48. The topological polar surface area (TPSA) is 43.1 Å². The molecular weight excluding hydrogens is 204 g/mol. The van der Waals surface area contributed by atoms with Crippen LogP contribution in [0.3, 0.4) is 0 Å². The minimum atomic E-state index is -1.33. The van der Waals surface area contributed by atoms with Gasteiger partial charge >= 0.3 is 0 Å². The Bertz CT molecular complexity index is 542. The van der Waals surface area contributed by atoms with E-state index >= 15 is 0 Å². The third kappa shape index (κ3) is 2.42. The van der Waals surface area contributed by atoms with E-state index in [0.717, 1.165) is 5.56 Å². The normalized spacial score (nSPS) is 11.1. The Morgan fingerprint density at radius 2 is 2.07 bits per heavy atom. The van der Waals surface area contributed by atoms with Crippen LogP contribution in [-0.2, 0) is 0 Å². The molecule has 0 spiro atoms. The van der Waals surface area contributed by atoms with Crippen LogP contribution in [0, 0.1) is 11.5 Å². The maximum absolute atomic E-state index is 4.14. The van der Waals surface area contributed by atoms with Gasteiger partial charge in [0.15, 0.2) is 0 Å². The van der Waals surface area contributed by atoms with Crippen molar-refractivity contribution in [1.82, 2.24) is 19.6 Å². The van der Waals surface area contributed by atoms with E-state index in [-0.39, 0.29) is 0 Å². The van der Waals surface area contributed by atoms with Crippen molar-refractivity contribution in [2.24, 2.45) is 0 Å². The van der Waals surface area contributed by atoms with Crippen molar-refractivity contribution in [3.8, 4) is 11.5 Å². The third-order valence-corrected chi connectivity index (χ3v) is 2.59. The lowest BCUT2D eigenvalue weighted by Gasteiger charge is -2.03. The molecule has 76 valence electrons. The number of hydrogen-bond donors (Lipinski definition) is 0. The maximum Gasteiger partial charge on any atom is 0.252 e. The van der Waals surface area contributed by atoms with Gasteiger partial charge in [-0.2, -0.15) is 10.1 Å². The van der Waals surface area contributed by atoms with Crippen LogP contribution in [0.4, 0.5) is 0 Å². The minimum Gasteiger partial charge on any atom is -0.218 e. The lowest BCUT2D eigenvalue weighted by Crippen LogP contribution is -2.16. The largest absolute Gasteiger partial charge is 0.252 e. The molecule has 0 saturated heterocycles. The van der Waals surface area contributed by atoms with E-state index in [1.807, 2.05) is 6.20 Å². The van der Waals surface area contributed by atoms with E-state index in [9.17, 15) is 0 Å². The quantitative estimate of drug-likeness (QED) is 0.493. The molecule has 2 aromatic rings. The van der Waals surface area contributed by atoms with Crippen molar-refractivity contribution in [2.75, 3.05) is 0 Å². The van der Waals surface area contributed by atoms with Gasteiger partial charge in [0.2, 0.25) is 0 Å². The number of nitrogens with zero attached hydrogens (tertiary/aromatic N) is 4. The first-order valence-electron chi connectivity index (χ1n) is 4.73. The Kier molecular flexibility index (Phi) is 2.29. The molecule has 5 heteroatoms. The highest BCUT2D eigenvalue weighted by Gasteiger charge is 2.07. The molecule has 0 bridgehead atoms. The summed E-state index contributed by atoms with van der Waals surface area (Å²) in [7, 11) is -1.33. The van der Waals surface area contributed by atoms with Gasteiger partial charge in [-0.3, -0.25) is 0 Å². The van der Waals surface area contributed by atoms with Gasteiger partial charge in [-0.25, -0.2) is 9.50 Å². The fourth-order valence-electron chi connectivity index (χ4n) is 1.04. The standard InChI is InChI=1S/C10H12N4Si/c1-15(2,3)5-4-9-6-11-10-12-8-13-14(10)7-9/h6-8H,1-3H3. The van der Waals surface area contributed by atoms with Crippen molar-refractivity contribution in [1.29, 1.82) is 0 Å². The highest BCUT2D eigenvalue weighted by molar-refractivity contribution is 6.83. The average Bonchev–Trinajstić information content (AvgIpc) is 2.60. The van der Waals surface area contributed by atoms with E-state index in [4.69, 9.17) is 0 Å². The van der Waals surface area contributed by atoms with Gasteiger partial charge in [-0.05, 0) is 0 Å². The molecule has 0 N–H and O–H groups in total. The van der Waals surface area contributed by atoms with Gasteiger partial charge < -0.3 is 0 Å². The van der Waals surface area contributed by atoms with Crippen LogP contribution in [0.15, 0.2) is 18.7 Å². The molecule has 0 fully saturated rings. The molecule has 2 rings (SSSR count). The first-order valence-corrected chi connectivity index (χ1v) is 8.23. The molecule has 0 saturated carbocycles. The lowest BCUT2D eigenvalue weighted by atomic mass is 10.4. The number of fused-ring (bicyclic) bond motifs is 1. The first kappa shape index (κ1) is 9.87. The molecular formula is C10H12N4Si. The Hall–Kier alpha value is -1.67. The molecule has 15 heavy (non-hydrogen) atoms. The summed E-state index contributed by atoms with van der Waals surface area (Å²) < 4.78 is 1.63. The minimum absolute atomic E-state index is 0.605. The highest BCUT2D eigenvalue weighted by Crippen LogP contribution is 2.00. The zero-order chi connectivity index (χ0) is 10.9. The monoisotopic (exact) mass is 216 g/mol. The smallest absolute Gasteiger partial charge is 0.218 e. The second-order valence-electron chi connectivity index (χ2n) is 4.35. The molecule has 0 aromatic carbocycles. The first-order chi connectivity index (χ1) is 7.04. The molecule has 0 amide bonds. The predicted molar refractivity (Wildman–Crippen MR) is 61.0 cm³/mol. The summed E-state index contributed by atoms with van der Waals surface area (Å²) in [6.45, 7) is 6.63. The zero-order valence-electron chi connectivity index (χ0n) is 9.02. The molecule has 0 aliphatic rings. The number of aromatic nitrogens is 4. The van der Waals surface area contributed by atoms with E-state index in [1.54, 1.807) is 10.7 Å². The van der Waals surface area contributed by atoms with Gasteiger partial charge in [0.1, 0.15) is 14.4 Å². The fourth-order valence-corrected chi connectivity index (χ4v) is 1.56. The molecule has 0 atom stereocenters. The third-order valence-electron chi connectivity index (χ3n) is 1.72. The summed E-state index contributed by atoms with van der Waals surface area (Å²) in [4.78, 5) is 8.11. The fraction of sp³-hybridized carbons (Fsp3) is 0.300. The Balaban J connectivity index is 2.39. The van der Waals surface area contributed by atoms with Crippen molar-refractivity contribution in [3.63, 3.8) is 0 Å². The van der Waals surface area contributed by atoms with E-state index < -0.39 is 8.07 Å². The Labute approximate surface area is 89.4 Å². The molecule has 4 nitrogen and oxygen atoms in total. The van der Waals surface area contributed by atoms with E-state index in [2.05, 4.69) is 46.2 Å². The van der Waals surface area contributed by atoms with Gasteiger partial charge in [0, 0.05) is 12.4 Å². The second-order valence-corrected chi connectivity index (χ2v) is 9.10. The summed E-state index contributed by atoms with van der Waals surface area (Å²) in [5.41, 5.74) is 4.17. The van der Waals surface area contributed by atoms with Gasteiger partial charge in [0.05, 0.1) is 5.56 Å². The van der Waals surface area contributed by atoms with Crippen LogP contribution < -0.4 is 0 Å². The number of rotatable bonds is 0. The van der Waals surface area contributed by atoms with Gasteiger partial charge in [-0.1, -0.05) is 25.6 Å².